The van der Waals surface area contributed by atoms with E-state index in [4.69, 9.17) is 17.0 Å². The second-order valence-electron chi connectivity index (χ2n) is 4.50. The van der Waals surface area contributed by atoms with Crippen LogP contribution in [0, 0.1) is 4.77 Å². The molecule has 0 aliphatic rings. The number of methoxy groups -OCH3 is 1. The number of H-pyrrole nitrogens is 1. The Morgan fingerprint density at radius 3 is 2.78 bits per heavy atom. The molecule has 1 atom stereocenters. The van der Waals surface area contributed by atoms with E-state index in [-0.39, 0.29) is 11.9 Å². The molecule has 0 aromatic carbocycles. The van der Waals surface area contributed by atoms with Gasteiger partial charge in [0.05, 0.1) is 6.61 Å². The van der Waals surface area contributed by atoms with Crippen molar-refractivity contribution in [2.24, 2.45) is 0 Å². The van der Waals surface area contributed by atoms with E-state index in [1.807, 2.05) is 17.7 Å². The van der Waals surface area contributed by atoms with Gasteiger partial charge < -0.3 is 19.6 Å². The van der Waals surface area contributed by atoms with Crippen molar-refractivity contribution in [3.63, 3.8) is 0 Å². The van der Waals surface area contributed by atoms with Gasteiger partial charge in [-0.2, -0.15) is 0 Å². The summed E-state index contributed by atoms with van der Waals surface area (Å²) in [5.41, 5.74) is 1.04. The van der Waals surface area contributed by atoms with Crippen molar-refractivity contribution < 1.29 is 9.53 Å². The Morgan fingerprint density at radius 2 is 2.22 bits per heavy atom. The van der Waals surface area contributed by atoms with Gasteiger partial charge in [-0.1, -0.05) is 13.8 Å². The van der Waals surface area contributed by atoms with Gasteiger partial charge in [-0.3, -0.25) is 4.79 Å². The van der Waals surface area contributed by atoms with E-state index in [1.54, 1.807) is 7.11 Å². The van der Waals surface area contributed by atoms with E-state index in [9.17, 15) is 4.79 Å². The Labute approximate surface area is 113 Å². The molecule has 0 aliphatic carbocycles. The van der Waals surface area contributed by atoms with E-state index in [2.05, 4.69) is 24.1 Å². The van der Waals surface area contributed by atoms with Crippen LogP contribution in [-0.4, -0.2) is 35.7 Å². The molecule has 1 heterocycles. The minimum atomic E-state index is -0.321. The van der Waals surface area contributed by atoms with Crippen LogP contribution >= 0.6 is 12.2 Å². The molecule has 6 heteroatoms. The Morgan fingerprint density at radius 1 is 1.56 bits per heavy atom. The van der Waals surface area contributed by atoms with Gasteiger partial charge in [0.25, 0.3) is 0 Å². The number of aromatic amines is 1. The van der Waals surface area contributed by atoms with Gasteiger partial charge in [0.2, 0.25) is 5.91 Å². The van der Waals surface area contributed by atoms with Gasteiger partial charge in [-0.15, -0.1) is 0 Å². The molecule has 2 N–H and O–H groups in total. The summed E-state index contributed by atoms with van der Waals surface area (Å²) in [6, 6.07) is -0.321. The van der Waals surface area contributed by atoms with E-state index >= 15 is 0 Å². The van der Waals surface area contributed by atoms with Gasteiger partial charge in [-0.25, -0.2) is 0 Å². The Balaban J connectivity index is 2.83. The molecule has 102 valence electrons. The summed E-state index contributed by atoms with van der Waals surface area (Å²) >= 11 is 5.23. The SMILES string of the molecule is COCCNC(=O)C(C)n1c(C(C)C)c[nH]c1=S. The third-order valence-corrected chi connectivity index (χ3v) is 3.12. The lowest BCUT2D eigenvalue weighted by atomic mass is 10.1. The number of amides is 1. The summed E-state index contributed by atoms with van der Waals surface area (Å²) in [5.74, 6) is 0.261. The van der Waals surface area contributed by atoms with E-state index in [0.29, 0.717) is 23.8 Å². The first-order valence-electron chi connectivity index (χ1n) is 6.05. The van der Waals surface area contributed by atoms with Crippen molar-refractivity contribution in [3.05, 3.63) is 16.7 Å². The molecule has 5 nitrogen and oxygen atoms in total. The first-order valence-corrected chi connectivity index (χ1v) is 6.46. The van der Waals surface area contributed by atoms with Gasteiger partial charge in [-0.05, 0) is 25.1 Å². The molecule has 18 heavy (non-hydrogen) atoms. The molecule has 1 aromatic rings. The Bertz CT molecular complexity index is 450. The maximum Gasteiger partial charge on any atom is 0.242 e. The summed E-state index contributed by atoms with van der Waals surface area (Å²) < 4.78 is 7.34. The third kappa shape index (κ3) is 3.43. The van der Waals surface area contributed by atoms with Gasteiger partial charge in [0.1, 0.15) is 6.04 Å². The molecule has 0 bridgehead atoms. The number of rotatable bonds is 6. The minimum Gasteiger partial charge on any atom is -0.383 e. The van der Waals surface area contributed by atoms with Crippen molar-refractivity contribution in [2.75, 3.05) is 20.3 Å². The maximum atomic E-state index is 12.0. The average Bonchev–Trinajstić information content (AvgIpc) is 2.70. The van der Waals surface area contributed by atoms with Crippen LogP contribution in [-0.2, 0) is 9.53 Å². The van der Waals surface area contributed by atoms with E-state index < -0.39 is 0 Å². The molecule has 0 saturated heterocycles. The summed E-state index contributed by atoms with van der Waals surface area (Å²) in [6.07, 6.45) is 1.87. The fourth-order valence-electron chi connectivity index (χ4n) is 1.78. The van der Waals surface area contributed by atoms with Crippen molar-refractivity contribution in [3.8, 4) is 0 Å². The highest BCUT2D eigenvalue weighted by Crippen LogP contribution is 2.19. The van der Waals surface area contributed by atoms with Crippen LogP contribution in [0.4, 0.5) is 0 Å². The standard InChI is InChI=1S/C12H21N3O2S/c1-8(2)10-7-14-12(18)15(10)9(3)11(16)13-5-6-17-4/h7-9H,5-6H2,1-4H3,(H,13,16)(H,14,18). The number of aromatic nitrogens is 2. The minimum absolute atomic E-state index is 0.0513. The number of nitrogens with one attached hydrogen (secondary N) is 2. The van der Waals surface area contributed by atoms with Crippen LogP contribution in [0.2, 0.25) is 0 Å². The second-order valence-corrected chi connectivity index (χ2v) is 4.89. The number of hydrogen-bond acceptors (Lipinski definition) is 3. The highest BCUT2D eigenvalue weighted by Gasteiger charge is 2.19. The van der Waals surface area contributed by atoms with Crippen LogP contribution < -0.4 is 5.32 Å². The van der Waals surface area contributed by atoms with Crippen LogP contribution in [0.1, 0.15) is 38.4 Å². The number of carbonyl (C=O) groups excluding carboxylic acids is 1. The number of ether oxygens (including phenoxy) is 1. The number of nitrogens with zero attached hydrogens (tertiary/aromatic N) is 1. The summed E-state index contributed by atoms with van der Waals surface area (Å²) in [4.78, 5) is 15.0. The Hall–Kier alpha value is -1.14. The van der Waals surface area contributed by atoms with Crippen molar-refractivity contribution in [1.82, 2.24) is 14.9 Å². The van der Waals surface area contributed by atoms with Gasteiger partial charge in [0, 0.05) is 25.5 Å². The second kappa shape index (κ2) is 6.70. The monoisotopic (exact) mass is 271 g/mol. The Kier molecular flexibility index (Phi) is 5.55. The lowest BCUT2D eigenvalue weighted by molar-refractivity contribution is -0.124. The predicted molar refractivity (Wildman–Crippen MR) is 73.3 cm³/mol. The van der Waals surface area contributed by atoms with Gasteiger partial charge in [0.15, 0.2) is 4.77 Å². The molecule has 1 aromatic heterocycles. The largest absolute Gasteiger partial charge is 0.383 e. The van der Waals surface area contributed by atoms with Crippen LogP contribution in [0.15, 0.2) is 6.20 Å². The van der Waals surface area contributed by atoms with Gasteiger partial charge >= 0.3 is 0 Å². The summed E-state index contributed by atoms with van der Waals surface area (Å²) in [5, 5.41) is 2.82. The lowest BCUT2D eigenvalue weighted by Crippen LogP contribution is -2.34. The molecule has 1 rings (SSSR count). The molecular formula is C12H21N3O2S. The highest BCUT2D eigenvalue weighted by molar-refractivity contribution is 7.71. The summed E-state index contributed by atoms with van der Waals surface area (Å²) in [6.45, 7) is 7.01. The van der Waals surface area contributed by atoms with Crippen molar-refractivity contribution in [2.45, 2.75) is 32.7 Å². The van der Waals surface area contributed by atoms with Crippen LogP contribution in [0.5, 0.6) is 0 Å². The van der Waals surface area contributed by atoms with Crippen LogP contribution in [0.25, 0.3) is 0 Å². The molecule has 1 unspecified atom stereocenters. The number of hydrogen-bond donors (Lipinski definition) is 2. The average molecular weight is 271 g/mol. The summed E-state index contributed by atoms with van der Waals surface area (Å²) in [7, 11) is 1.61. The van der Waals surface area contributed by atoms with Crippen molar-refractivity contribution in [1.29, 1.82) is 0 Å². The van der Waals surface area contributed by atoms with Crippen molar-refractivity contribution >= 4 is 18.1 Å². The smallest absolute Gasteiger partial charge is 0.242 e. The zero-order valence-electron chi connectivity index (χ0n) is 11.3. The highest BCUT2D eigenvalue weighted by atomic mass is 32.1. The normalized spacial score (nSPS) is 12.7. The number of imidazole rings is 1. The molecule has 0 fully saturated rings. The predicted octanol–water partition coefficient (Wildman–Crippen LogP) is 1.99. The fourth-order valence-corrected chi connectivity index (χ4v) is 2.10. The lowest BCUT2D eigenvalue weighted by Gasteiger charge is -2.18. The van der Waals surface area contributed by atoms with E-state index in [1.165, 1.54) is 0 Å². The maximum absolute atomic E-state index is 12.0. The zero-order valence-corrected chi connectivity index (χ0v) is 12.1. The third-order valence-electron chi connectivity index (χ3n) is 2.80. The molecule has 0 saturated carbocycles. The quantitative estimate of drug-likeness (QED) is 0.614. The first-order chi connectivity index (χ1) is 8.49. The fraction of sp³-hybridized carbons (Fsp3) is 0.667. The van der Waals surface area contributed by atoms with Crippen LogP contribution in [0.3, 0.4) is 0 Å². The molecular weight excluding hydrogens is 250 g/mol. The molecule has 0 spiro atoms. The zero-order chi connectivity index (χ0) is 13.7. The molecule has 0 aliphatic heterocycles. The molecule has 1 amide bonds. The number of carbonyl (C=O) groups is 1. The molecule has 0 radical (unpaired) electrons. The first kappa shape index (κ1) is 14.9. The van der Waals surface area contributed by atoms with E-state index in [0.717, 1.165) is 5.69 Å². The topological polar surface area (TPSA) is 59.0 Å².